The van der Waals surface area contributed by atoms with E-state index in [4.69, 9.17) is 0 Å². The van der Waals surface area contributed by atoms with Crippen molar-refractivity contribution in [3.63, 3.8) is 0 Å². The van der Waals surface area contributed by atoms with Gasteiger partial charge in [0.1, 0.15) is 0 Å². The van der Waals surface area contributed by atoms with Gasteiger partial charge >= 0.3 is 0 Å². The van der Waals surface area contributed by atoms with Gasteiger partial charge in [0, 0.05) is 7.26 Å². The molecule has 0 unspecified atom stereocenters. The van der Waals surface area contributed by atoms with E-state index in [9.17, 15) is 0 Å². The average Bonchev–Trinajstić information content (AvgIpc) is 2.91. The predicted molar refractivity (Wildman–Crippen MR) is 178 cm³/mol. The van der Waals surface area contributed by atoms with Crippen LogP contribution in [-0.2, 0) is 0 Å². The molecule has 0 aromatic heterocycles. The van der Waals surface area contributed by atoms with Gasteiger partial charge in [-0.05, 0) is 38.5 Å². The van der Waals surface area contributed by atoms with E-state index in [0.29, 0.717) is 0 Å². The summed E-state index contributed by atoms with van der Waals surface area (Å²) in [6, 6.07) is 0. The van der Waals surface area contributed by atoms with E-state index in [-0.39, 0.29) is 24.0 Å². The molecule has 0 amide bonds. The van der Waals surface area contributed by atoms with Gasteiger partial charge in [-0.3, -0.25) is 0 Å². The number of hydrogen-bond acceptors (Lipinski definition) is 0. The van der Waals surface area contributed by atoms with Gasteiger partial charge in [0.15, 0.2) is 0 Å². The molecule has 232 valence electrons. The monoisotopic (exact) mass is 666 g/mol. The van der Waals surface area contributed by atoms with Gasteiger partial charge in [0.05, 0.1) is 24.6 Å². The van der Waals surface area contributed by atoms with Crippen LogP contribution in [0.25, 0.3) is 0 Å². The maximum atomic E-state index is 2.42. The standard InChI is InChI=1S/C36H76P.HI/c1-5-9-13-15-17-19-21-23-25-27-29-31-35-37(33-11-7-3,34-12-8-4)36-32-30-28-26-24-22-20-18-16-14-10-6-2;/h5-36H2,1-4H3;1H/q+1;/p-1. The minimum atomic E-state index is -0.689. The van der Waals surface area contributed by atoms with E-state index in [1.807, 2.05) is 0 Å². The first-order chi connectivity index (χ1) is 18.2. The van der Waals surface area contributed by atoms with Crippen molar-refractivity contribution in [3.8, 4) is 0 Å². The quantitative estimate of drug-likeness (QED) is 0.0381. The van der Waals surface area contributed by atoms with Crippen LogP contribution < -0.4 is 24.0 Å². The maximum absolute atomic E-state index is 2.42. The third-order valence-electron chi connectivity index (χ3n) is 8.94. The molecule has 0 rings (SSSR count). The molecule has 0 aliphatic carbocycles. The molecule has 0 nitrogen and oxygen atoms in total. The lowest BCUT2D eigenvalue weighted by atomic mass is 10.1. The Hall–Kier alpha value is 1.16. The Morgan fingerprint density at radius 1 is 0.237 bits per heavy atom. The summed E-state index contributed by atoms with van der Waals surface area (Å²) in [7, 11) is -0.689. The molecule has 0 spiro atoms. The Kier molecular flexibility index (Phi) is 37.3. The van der Waals surface area contributed by atoms with Gasteiger partial charge in [-0.25, -0.2) is 0 Å². The molecule has 0 aliphatic rings. The van der Waals surface area contributed by atoms with Crippen LogP contribution in [-0.4, -0.2) is 24.6 Å². The van der Waals surface area contributed by atoms with Crippen molar-refractivity contribution in [2.45, 2.75) is 207 Å². The normalized spacial score (nSPS) is 11.7. The van der Waals surface area contributed by atoms with Crippen molar-refractivity contribution < 1.29 is 24.0 Å². The predicted octanol–water partition coefficient (Wildman–Crippen LogP) is 11.0. The molecule has 0 heterocycles. The summed E-state index contributed by atoms with van der Waals surface area (Å²) in [5, 5.41) is 0. The van der Waals surface area contributed by atoms with Crippen molar-refractivity contribution in [1.29, 1.82) is 0 Å². The van der Waals surface area contributed by atoms with Crippen LogP contribution in [0.2, 0.25) is 0 Å². The van der Waals surface area contributed by atoms with Gasteiger partial charge in [-0.1, -0.05) is 169 Å². The van der Waals surface area contributed by atoms with Crippen molar-refractivity contribution in [2.75, 3.05) is 24.6 Å². The molecular formula is C36H76IP. The Balaban J connectivity index is 0. The van der Waals surface area contributed by atoms with Crippen LogP contribution in [0, 0.1) is 0 Å². The summed E-state index contributed by atoms with van der Waals surface area (Å²) in [5.74, 6) is 0. The molecule has 0 aromatic carbocycles. The Morgan fingerprint density at radius 3 is 0.658 bits per heavy atom. The number of hydrogen-bond donors (Lipinski definition) is 0. The highest BCUT2D eigenvalue weighted by atomic mass is 127. The summed E-state index contributed by atoms with van der Waals surface area (Å²) in [6.07, 6.45) is 48.0. The summed E-state index contributed by atoms with van der Waals surface area (Å²) in [4.78, 5) is 0. The summed E-state index contributed by atoms with van der Waals surface area (Å²) >= 11 is 0. The summed E-state index contributed by atoms with van der Waals surface area (Å²) < 4.78 is 0. The zero-order chi connectivity index (χ0) is 27.1. The molecular weight excluding hydrogens is 590 g/mol. The Labute approximate surface area is 262 Å². The zero-order valence-corrected chi connectivity index (χ0v) is 30.5. The van der Waals surface area contributed by atoms with E-state index in [2.05, 4.69) is 27.7 Å². The van der Waals surface area contributed by atoms with E-state index in [1.54, 1.807) is 37.5 Å². The SMILES string of the molecule is CCCCCCCCCCCCCC[P+](CCCC)(CCCC)CCCCCCCCCCCCCC.[I-]. The number of halogens is 1. The van der Waals surface area contributed by atoms with E-state index in [1.165, 1.54) is 167 Å². The highest BCUT2D eigenvalue weighted by molar-refractivity contribution is 7.75. The van der Waals surface area contributed by atoms with Crippen LogP contribution >= 0.6 is 7.26 Å². The lowest BCUT2D eigenvalue weighted by Gasteiger charge is -2.28. The van der Waals surface area contributed by atoms with Gasteiger partial charge < -0.3 is 24.0 Å². The zero-order valence-electron chi connectivity index (χ0n) is 27.5. The van der Waals surface area contributed by atoms with E-state index in [0.717, 1.165) is 0 Å². The van der Waals surface area contributed by atoms with Crippen molar-refractivity contribution in [3.05, 3.63) is 0 Å². The Bertz CT molecular complexity index is 372. The maximum Gasteiger partial charge on any atom is 0.0594 e. The second-order valence-corrected chi connectivity index (χ2v) is 17.2. The second-order valence-electron chi connectivity index (χ2n) is 12.7. The van der Waals surface area contributed by atoms with Crippen LogP contribution in [0.4, 0.5) is 0 Å². The Morgan fingerprint density at radius 2 is 0.421 bits per heavy atom. The van der Waals surface area contributed by atoms with Crippen molar-refractivity contribution in [1.82, 2.24) is 0 Å². The molecule has 0 N–H and O–H groups in total. The van der Waals surface area contributed by atoms with Crippen LogP contribution in [0.1, 0.15) is 207 Å². The minimum absolute atomic E-state index is 0. The highest BCUT2D eigenvalue weighted by Gasteiger charge is 2.34. The highest BCUT2D eigenvalue weighted by Crippen LogP contribution is 2.61. The molecule has 0 fully saturated rings. The largest absolute Gasteiger partial charge is 1.00 e. The molecule has 0 bridgehead atoms. The lowest BCUT2D eigenvalue weighted by Crippen LogP contribution is -3.00. The molecule has 0 saturated heterocycles. The van der Waals surface area contributed by atoms with E-state index < -0.39 is 7.26 Å². The van der Waals surface area contributed by atoms with Gasteiger partial charge in [0.2, 0.25) is 0 Å². The average molecular weight is 667 g/mol. The van der Waals surface area contributed by atoms with Crippen molar-refractivity contribution >= 4 is 7.26 Å². The topological polar surface area (TPSA) is 0 Å². The molecule has 2 heteroatoms. The molecule has 38 heavy (non-hydrogen) atoms. The first-order valence-electron chi connectivity index (χ1n) is 18.1. The van der Waals surface area contributed by atoms with E-state index >= 15 is 0 Å². The van der Waals surface area contributed by atoms with Gasteiger partial charge in [-0.15, -0.1) is 0 Å². The number of rotatable bonds is 32. The fourth-order valence-corrected chi connectivity index (χ4v) is 11.3. The molecule has 0 saturated carbocycles. The third kappa shape index (κ3) is 28.7. The summed E-state index contributed by atoms with van der Waals surface area (Å²) in [6.45, 7) is 9.47. The molecule has 0 aromatic rings. The minimum Gasteiger partial charge on any atom is -1.00 e. The van der Waals surface area contributed by atoms with Crippen LogP contribution in [0.3, 0.4) is 0 Å². The van der Waals surface area contributed by atoms with Crippen LogP contribution in [0.5, 0.6) is 0 Å². The smallest absolute Gasteiger partial charge is 0.0594 e. The lowest BCUT2D eigenvalue weighted by molar-refractivity contribution is -0.00000842. The fourth-order valence-electron chi connectivity index (χ4n) is 6.23. The first kappa shape index (κ1) is 41.3. The third-order valence-corrected chi connectivity index (χ3v) is 14.0. The van der Waals surface area contributed by atoms with Gasteiger partial charge in [-0.2, -0.15) is 0 Å². The molecule has 0 radical (unpaired) electrons. The van der Waals surface area contributed by atoms with Gasteiger partial charge in [0.25, 0.3) is 0 Å². The fraction of sp³-hybridized carbons (Fsp3) is 1.00. The summed E-state index contributed by atoms with van der Waals surface area (Å²) in [5.41, 5.74) is 0. The number of unbranched alkanes of at least 4 members (excludes halogenated alkanes) is 24. The first-order valence-corrected chi connectivity index (χ1v) is 20.6. The second kappa shape index (κ2) is 34.4. The van der Waals surface area contributed by atoms with Crippen LogP contribution in [0.15, 0.2) is 0 Å². The van der Waals surface area contributed by atoms with Crippen molar-refractivity contribution in [2.24, 2.45) is 0 Å². The molecule has 0 aliphatic heterocycles. The molecule has 0 atom stereocenters.